The Morgan fingerprint density at radius 3 is 2.72 bits per heavy atom. The van der Waals surface area contributed by atoms with E-state index in [0.717, 1.165) is 51.6 Å². The fourth-order valence-corrected chi connectivity index (χ4v) is 3.84. The smallest absolute Gasteiger partial charge is 0.345 e. The van der Waals surface area contributed by atoms with Crippen LogP contribution < -0.4 is 16.0 Å². The summed E-state index contributed by atoms with van der Waals surface area (Å²) in [5.41, 5.74) is 0.262. The maximum Gasteiger partial charge on any atom is 0.345 e. The summed E-state index contributed by atoms with van der Waals surface area (Å²) in [4.78, 5) is 25.9. The molecule has 1 aromatic heterocycles. The monoisotopic (exact) mass is 454 g/mol. The van der Waals surface area contributed by atoms with E-state index in [1.165, 1.54) is 6.20 Å². The van der Waals surface area contributed by atoms with Gasteiger partial charge in [0.25, 0.3) is 5.91 Å². The minimum atomic E-state index is -2.85. The Morgan fingerprint density at radius 2 is 2.03 bits per heavy atom. The minimum Gasteiger partial charge on any atom is -0.393 e. The molecule has 0 bridgehead atoms. The van der Waals surface area contributed by atoms with Crippen LogP contribution in [-0.2, 0) is 4.74 Å². The zero-order valence-electron chi connectivity index (χ0n) is 18.3. The number of halogens is 2. The van der Waals surface area contributed by atoms with Gasteiger partial charge in [-0.25, -0.2) is 9.98 Å². The third-order valence-corrected chi connectivity index (χ3v) is 5.68. The average Bonchev–Trinajstić information content (AvgIpc) is 2.78. The molecule has 2 fully saturated rings. The summed E-state index contributed by atoms with van der Waals surface area (Å²) < 4.78 is 28.9. The highest BCUT2D eigenvalue weighted by atomic mass is 19.3. The van der Waals surface area contributed by atoms with Crippen LogP contribution in [0, 0.1) is 5.92 Å². The summed E-state index contributed by atoms with van der Waals surface area (Å²) in [7, 11) is 0. The molecule has 1 atom stereocenters. The number of anilines is 1. The molecule has 0 unspecified atom stereocenters. The lowest BCUT2D eigenvalue weighted by atomic mass is 9.88. The highest BCUT2D eigenvalue weighted by molar-refractivity contribution is 5.98. The molecule has 4 N–H and O–H groups in total. The summed E-state index contributed by atoms with van der Waals surface area (Å²) in [6.07, 6.45) is 7.69. The van der Waals surface area contributed by atoms with E-state index < -0.39 is 12.7 Å². The molecule has 178 valence electrons. The van der Waals surface area contributed by atoms with E-state index in [4.69, 9.17) is 0 Å². The van der Waals surface area contributed by atoms with E-state index in [0.29, 0.717) is 0 Å². The molecular weight excluding hydrogens is 422 g/mol. The molecule has 1 aliphatic carbocycles. The van der Waals surface area contributed by atoms with Gasteiger partial charge >= 0.3 is 6.61 Å². The topological polar surface area (TPSA) is 121 Å². The molecule has 1 aliphatic heterocycles. The first kappa shape index (κ1) is 24.4. The summed E-state index contributed by atoms with van der Waals surface area (Å²) in [6.45, 7) is 0.292. The van der Waals surface area contributed by atoms with Crippen LogP contribution in [0.5, 0.6) is 0 Å². The van der Waals surface area contributed by atoms with Crippen molar-refractivity contribution in [1.82, 2.24) is 20.6 Å². The fourth-order valence-electron chi connectivity index (χ4n) is 3.84. The van der Waals surface area contributed by atoms with Crippen LogP contribution in [0.1, 0.15) is 55.8 Å². The van der Waals surface area contributed by atoms with Crippen LogP contribution in [0.2, 0.25) is 0 Å². The number of hydrogen-bond acceptors (Lipinski definition) is 8. The van der Waals surface area contributed by atoms with Crippen LogP contribution in [0.15, 0.2) is 11.2 Å². The van der Waals surface area contributed by atoms with Crippen molar-refractivity contribution in [3.8, 4) is 0 Å². The van der Waals surface area contributed by atoms with Crippen molar-refractivity contribution in [2.24, 2.45) is 10.9 Å². The Kier molecular flexibility index (Phi) is 9.24. The molecule has 0 aromatic carbocycles. The number of hydrogen-bond donors (Lipinski definition) is 4. The Bertz CT molecular complexity index is 768. The maximum absolute atomic E-state index is 12.9. The first-order valence-electron chi connectivity index (χ1n) is 11.2. The molecule has 1 aromatic rings. The van der Waals surface area contributed by atoms with Gasteiger partial charge in [0.1, 0.15) is 5.56 Å². The third-order valence-electron chi connectivity index (χ3n) is 5.68. The van der Waals surface area contributed by atoms with Crippen molar-refractivity contribution in [1.29, 1.82) is 0 Å². The van der Waals surface area contributed by atoms with Gasteiger partial charge in [-0.1, -0.05) is 0 Å². The van der Waals surface area contributed by atoms with Crippen LogP contribution >= 0.6 is 0 Å². The molecule has 11 heteroatoms. The lowest BCUT2D eigenvalue weighted by Gasteiger charge is -2.24. The average molecular weight is 455 g/mol. The molecule has 1 amide bonds. The zero-order chi connectivity index (χ0) is 22.9. The standard InChI is InChI=1S/C21H32F2N6O3/c1-13(12-32-20(22)23)27-21-26-11-17(19(31)28-15-6-8-24-9-7-15)18(29-21)25-10-14-2-4-16(30)5-3-14/h10-11,13-16,20,24,30H,2-9,12H2,1H3,(H,28,31)(H,26,27,29)/b25-10-/t13-,14?,16?/m0/s1. The first-order valence-corrected chi connectivity index (χ1v) is 11.2. The van der Waals surface area contributed by atoms with Gasteiger partial charge in [-0.15, -0.1) is 0 Å². The third kappa shape index (κ3) is 7.72. The molecule has 2 heterocycles. The molecule has 32 heavy (non-hydrogen) atoms. The zero-order valence-corrected chi connectivity index (χ0v) is 18.3. The number of ether oxygens (including phenoxy) is 1. The van der Waals surface area contributed by atoms with Crippen molar-refractivity contribution >= 4 is 23.9 Å². The maximum atomic E-state index is 12.9. The molecule has 1 saturated carbocycles. The van der Waals surface area contributed by atoms with E-state index >= 15 is 0 Å². The van der Waals surface area contributed by atoms with E-state index in [9.17, 15) is 18.7 Å². The Balaban J connectivity index is 1.73. The van der Waals surface area contributed by atoms with Crippen LogP contribution in [0.4, 0.5) is 20.5 Å². The lowest BCUT2D eigenvalue weighted by molar-refractivity contribution is -0.130. The van der Waals surface area contributed by atoms with Gasteiger partial charge in [-0.05, 0) is 64.5 Å². The number of piperidine rings is 1. The summed E-state index contributed by atoms with van der Waals surface area (Å²) in [5.74, 6) is 0.314. The highest BCUT2D eigenvalue weighted by Crippen LogP contribution is 2.25. The van der Waals surface area contributed by atoms with Gasteiger partial charge in [0.15, 0.2) is 5.82 Å². The van der Waals surface area contributed by atoms with E-state index in [2.05, 4.69) is 35.6 Å². The van der Waals surface area contributed by atoms with Gasteiger partial charge in [0.05, 0.1) is 12.7 Å². The molecule has 9 nitrogen and oxygen atoms in total. The van der Waals surface area contributed by atoms with Crippen LogP contribution in [-0.4, -0.2) is 71.7 Å². The van der Waals surface area contributed by atoms with Crippen molar-refractivity contribution in [3.05, 3.63) is 11.8 Å². The van der Waals surface area contributed by atoms with E-state index in [1.54, 1.807) is 13.1 Å². The van der Waals surface area contributed by atoms with Crippen molar-refractivity contribution in [3.63, 3.8) is 0 Å². The molecule has 2 aliphatic rings. The van der Waals surface area contributed by atoms with Gasteiger partial charge in [0, 0.05) is 24.5 Å². The summed E-state index contributed by atoms with van der Waals surface area (Å²) in [6, 6.07) is -0.389. The van der Waals surface area contributed by atoms with Crippen molar-refractivity contribution < 1.29 is 23.4 Å². The minimum absolute atomic E-state index is 0.0738. The van der Waals surface area contributed by atoms with Gasteiger partial charge in [-0.3, -0.25) is 4.79 Å². The Labute approximate surface area is 186 Å². The van der Waals surface area contributed by atoms with Gasteiger partial charge in [-0.2, -0.15) is 13.8 Å². The Hall–Kier alpha value is -2.24. The summed E-state index contributed by atoms with van der Waals surface area (Å²) in [5, 5.41) is 18.9. The number of aliphatic hydroxyl groups excluding tert-OH is 1. The number of alkyl halides is 2. The van der Waals surface area contributed by atoms with Crippen molar-refractivity contribution in [2.75, 3.05) is 25.0 Å². The highest BCUT2D eigenvalue weighted by Gasteiger charge is 2.22. The number of aromatic nitrogens is 2. The fraction of sp³-hybridized carbons (Fsp3) is 0.714. The predicted octanol–water partition coefficient (Wildman–Crippen LogP) is 2.25. The number of carbonyl (C=O) groups excluding carboxylic acids is 1. The second-order valence-corrected chi connectivity index (χ2v) is 8.41. The first-order chi connectivity index (χ1) is 15.4. The number of amides is 1. The summed E-state index contributed by atoms with van der Waals surface area (Å²) >= 11 is 0. The Morgan fingerprint density at radius 1 is 1.31 bits per heavy atom. The van der Waals surface area contributed by atoms with Gasteiger partial charge < -0.3 is 25.8 Å². The number of carbonyl (C=O) groups is 1. The van der Waals surface area contributed by atoms with Gasteiger partial charge in [0.2, 0.25) is 5.95 Å². The molecule has 0 radical (unpaired) electrons. The number of aliphatic hydroxyl groups is 1. The number of rotatable bonds is 9. The normalized spacial score (nSPS) is 23.4. The predicted molar refractivity (Wildman–Crippen MR) is 117 cm³/mol. The molecule has 1 saturated heterocycles. The molecular formula is C21H32F2N6O3. The van der Waals surface area contributed by atoms with E-state index in [1.807, 2.05) is 0 Å². The second-order valence-electron chi connectivity index (χ2n) is 8.41. The van der Waals surface area contributed by atoms with Crippen LogP contribution in [0.25, 0.3) is 0 Å². The largest absolute Gasteiger partial charge is 0.393 e. The quantitative estimate of drug-likeness (QED) is 0.422. The van der Waals surface area contributed by atoms with E-state index in [-0.39, 0.29) is 47.9 Å². The number of nitrogens with one attached hydrogen (secondary N) is 3. The lowest BCUT2D eigenvalue weighted by Crippen LogP contribution is -2.42. The van der Waals surface area contributed by atoms with Crippen molar-refractivity contribution in [2.45, 2.75) is 70.2 Å². The molecule has 3 rings (SSSR count). The number of nitrogens with zero attached hydrogens (tertiary/aromatic N) is 3. The molecule has 0 spiro atoms. The number of aliphatic imine (C=N–C) groups is 1. The SMILES string of the molecule is C[C@@H](COC(F)F)Nc1ncc(C(=O)NC2CCNCC2)c(/N=C\C2CCC(O)CC2)n1. The second kappa shape index (κ2) is 12.1. The van der Waals surface area contributed by atoms with Crippen LogP contribution in [0.3, 0.4) is 0 Å².